The summed E-state index contributed by atoms with van der Waals surface area (Å²) in [6.45, 7) is 5.81. The minimum absolute atomic E-state index is 0.717. The fraction of sp³-hybridized carbons (Fsp3) is 0.625. The smallest absolute Gasteiger partial charge is 0.0409 e. The van der Waals surface area contributed by atoms with Gasteiger partial charge in [0.25, 0.3) is 0 Å². The van der Waals surface area contributed by atoms with Crippen molar-refractivity contribution < 1.29 is 0 Å². The molecular formula is C16H24BrN. The van der Waals surface area contributed by atoms with E-state index in [1.807, 2.05) is 0 Å². The Morgan fingerprint density at radius 2 is 1.89 bits per heavy atom. The number of benzene rings is 1. The molecular weight excluding hydrogens is 286 g/mol. The molecule has 100 valence electrons. The monoisotopic (exact) mass is 309 g/mol. The van der Waals surface area contributed by atoms with Gasteiger partial charge in [-0.05, 0) is 30.4 Å². The fourth-order valence-electron chi connectivity index (χ4n) is 2.96. The standard InChI is InChI=1S/C16H24BrN/c1-13(2)12-18(15-8-4-5-9-15)16-10-6-3-7-14(16)11-17/h3,6-7,10,13,15H,4-5,8-9,11-12H2,1-2H3. The van der Waals surface area contributed by atoms with Crippen LogP contribution in [0.4, 0.5) is 5.69 Å². The van der Waals surface area contributed by atoms with Crippen LogP contribution in [0.15, 0.2) is 24.3 Å². The minimum Gasteiger partial charge on any atom is -0.368 e. The molecule has 0 aliphatic heterocycles. The summed E-state index contributed by atoms with van der Waals surface area (Å²) in [6.07, 6.45) is 5.53. The summed E-state index contributed by atoms with van der Waals surface area (Å²) < 4.78 is 0. The van der Waals surface area contributed by atoms with Crippen LogP contribution in [0.1, 0.15) is 45.1 Å². The van der Waals surface area contributed by atoms with E-state index in [4.69, 9.17) is 0 Å². The maximum atomic E-state index is 3.62. The zero-order valence-electron chi connectivity index (χ0n) is 11.5. The number of alkyl halides is 1. The third-order valence-electron chi connectivity index (χ3n) is 3.77. The SMILES string of the molecule is CC(C)CN(c1ccccc1CBr)C1CCCC1. The quantitative estimate of drug-likeness (QED) is 0.693. The van der Waals surface area contributed by atoms with E-state index in [0.717, 1.165) is 11.4 Å². The van der Waals surface area contributed by atoms with Gasteiger partial charge >= 0.3 is 0 Å². The first kappa shape index (κ1) is 13.9. The molecule has 1 fully saturated rings. The first-order valence-electron chi connectivity index (χ1n) is 7.13. The van der Waals surface area contributed by atoms with Gasteiger partial charge in [-0.2, -0.15) is 0 Å². The van der Waals surface area contributed by atoms with Crippen LogP contribution in [0, 0.1) is 5.92 Å². The Kier molecular flexibility index (Phi) is 5.11. The van der Waals surface area contributed by atoms with E-state index in [2.05, 4.69) is 58.9 Å². The maximum Gasteiger partial charge on any atom is 0.0409 e. The van der Waals surface area contributed by atoms with E-state index in [1.54, 1.807) is 0 Å². The molecule has 0 bridgehead atoms. The normalized spacial score (nSPS) is 16.4. The topological polar surface area (TPSA) is 3.24 Å². The van der Waals surface area contributed by atoms with E-state index in [0.29, 0.717) is 5.92 Å². The van der Waals surface area contributed by atoms with E-state index in [-0.39, 0.29) is 0 Å². The van der Waals surface area contributed by atoms with Crippen molar-refractivity contribution in [1.82, 2.24) is 0 Å². The van der Waals surface area contributed by atoms with Crippen molar-refractivity contribution in [3.8, 4) is 0 Å². The molecule has 0 unspecified atom stereocenters. The van der Waals surface area contributed by atoms with Crippen LogP contribution in [0.25, 0.3) is 0 Å². The Morgan fingerprint density at radius 1 is 1.22 bits per heavy atom. The molecule has 1 aliphatic carbocycles. The summed E-state index contributed by atoms with van der Waals surface area (Å²) in [4.78, 5) is 2.66. The average molecular weight is 310 g/mol. The summed E-state index contributed by atoms with van der Waals surface area (Å²) in [5.74, 6) is 0.717. The highest BCUT2D eigenvalue weighted by atomic mass is 79.9. The lowest BCUT2D eigenvalue weighted by Crippen LogP contribution is -2.36. The molecule has 2 rings (SSSR count). The molecule has 0 spiro atoms. The largest absolute Gasteiger partial charge is 0.368 e. The van der Waals surface area contributed by atoms with Crippen molar-refractivity contribution in [1.29, 1.82) is 0 Å². The second kappa shape index (κ2) is 6.60. The molecule has 0 aromatic heterocycles. The highest BCUT2D eigenvalue weighted by Crippen LogP contribution is 2.32. The van der Waals surface area contributed by atoms with Gasteiger partial charge in [-0.3, -0.25) is 0 Å². The molecule has 1 aliphatic rings. The molecule has 0 saturated heterocycles. The lowest BCUT2D eigenvalue weighted by atomic mass is 10.1. The molecule has 0 radical (unpaired) electrons. The molecule has 1 aromatic carbocycles. The van der Waals surface area contributed by atoms with Gasteiger partial charge in [-0.1, -0.05) is 60.8 Å². The molecule has 1 nitrogen and oxygen atoms in total. The first-order valence-corrected chi connectivity index (χ1v) is 8.25. The predicted octanol–water partition coefficient (Wildman–Crippen LogP) is 4.99. The van der Waals surface area contributed by atoms with Gasteiger partial charge in [-0.25, -0.2) is 0 Å². The number of para-hydroxylation sites is 1. The first-order chi connectivity index (χ1) is 8.72. The number of halogens is 1. The minimum atomic E-state index is 0.717. The molecule has 18 heavy (non-hydrogen) atoms. The van der Waals surface area contributed by atoms with Crippen molar-refractivity contribution in [2.75, 3.05) is 11.4 Å². The van der Waals surface area contributed by atoms with Crippen LogP contribution < -0.4 is 4.90 Å². The zero-order chi connectivity index (χ0) is 13.0. The van der Waals surface area contributed by atoms with Gasteiger partial charge in [0.1, 0.15) is 0 Å². The second-order valence-electron chi connectivity index (χ2n) is 5.75. The molecule has 1 saturated carbocycles. The van der Waals surface area contributed by atoms with Gasteiger partial charge in [0.15, 0.2) is 0 Å². The lowest BCUT2D eigenvalue weighted by Gasteiger charge is -2.34. The van der Waals surface area contributed by atoms with Crippen molar-refractivity contribution >= 4 is 21.6 Å². The van der Waals surface area contributed by atoms with Gasteiger partial charge in [0.05, 0.1) is 0 Å². The van der Waals surface area contributed by atoms with Gasteiger partial charge < -0.3 is 4.90 Å². The summed E-state index contributed by atoms with van der Waals surface area (Å²) in [7, 11) is 0. The van der Waals surface area contributed by atoms with E-state index >= 15 is 0 Å². The second-order valence-corrected chi connectivity index (χ2v) is 6.31. The van der Waals surface area contributed by atoms with E-state index in [1.165, 1.54) is 43.5 Å². The number of rotatable bonds is 5. The third kappa shape index (κ3) is 3.28. The maximum absolute atomic E-state index is 3.62. The number of hydrogen-bond donors (Lipinski definition) is 0. The van der Waals surface area contributed by atoms with Gasteiger partial charge in [0, 0.05) is 23.6 Å². The summed E-state index contributed by atoms with van der Waals surface area (Å²) >= 11 is 3.62. The highest BCUT2D eigenvalue weighted by Gasteiger charge is 2.24. The van der Waals surface area contributed by atoms with Crippen LogP contribution in [0.5, 0.6) is 0 Å². The molecule has 1 aromatic rings. The Morgan fingerprint density at radius 3 is 2.50 bits per heavy atom. The van der Waals surface area contributed by atoms with Crippen molar-refractivity contribution in [3.63, 3.8) is 0 Å². The van der Waals surface area contributed by atoms with E-state index in [9.17, 15) is 0 Å². The lowest BCUT2D eigenvalue weighted by molar-refractivity contribution is 0.535. The van der Waals surface area contributed by atoms with Crippen LogP contribution in [-0.4, -0.2) is 12.6 Å². The zero-order valence-corrected chi connectivity index (χ0v) is 13.1. The van der Waals surface area contributed by atoms with Gasteiger partial charge in [-0.15, -0.1) is 0 Å². The van der Waals surface area contributed by atoms with Crippen molar-refractivity contribution in [3.05, 3.63) is 29.8 Å². The average Bonchev–Trinajstić information content (AvgIpc) is 2.89. The highest BCUT2D eigenvalue weighted by molar-refractivity contribution is 9.08. The summed E-state index contributed by atoms with van der Waals surface area (Å²) in [6, 6.07) is 9.60. The van der Waals surface area contributed by atoms with Gasteiger partial charge in [0.2, 0.25) is 0 Å². The molecule has 0 N–H and O–H groups in total. The Balaban J connectivity index is 2.26. The number of hydrogen-bond acceptors (Lipinski definition) is 1. The van der Waals surface area contributed by atoms with Crippen LogP contribution in [0.2, 0.25) is 0 Å². The Hall–Kier alpha value is -0.500. The number of nitrogens with zero attached hydrogens (tertiary/aromatic N) is 1. The van der Waals surface area contributed by atoms with Crippen LogP contribution in [0.3, 0.4) is 0 Å². The van der Waals surface area contributed by atoms with Crippen molar-refractivity contribution in [2.45, 2.75) is 50.9 Å². The number of anilines is 1. The third-order valence-corrected chi connectivity index (χ3v) is 4.38. The molecule has 0 amide bonds. The molecule has 0 atom stereocenters. The van der Waals surface area contributed by atoms with Crippen LogP contribution in [-0.2, 0) is 5.33 Å². The van der Waals surface area contributed by atoms with Crippen molar-refractivity contribution in [2.24, 2.45) is 5.92 Å². The Bertz CT molecular complexity index is 369. The van der Waals surface area contributed by atoms with Crippen LogP contribution >= 0.6 is 15.9 Å². The predicted molar refractivity (Wildman–Crippen MR) is 83.5 cm³/mol. The van der Waals surface area contributed by atoms with E-state index < -0.39 is 0 Å². The molecule has 0 heterocycles. The fourth-order valence-corrected chi connectivity index (χ4v) is 3.43. The Labute approximate surface area is 120 Å². The summed E-state index contributed by atoms with van der Waals surface area (Å²) in [5, 5.41) is 0.949. The summed E-state index contributed by atoms with van der Waals surface area (Å²) in [5.41, 5.74) is 2.86. The molecule has 2 heteroatoms.